The van der Waals surface area contributed by atoms with Gasteiger partial charge in [-0.2, -0.15) is 0 Å². The molecule has 0 aromatic heterocycles. The summed E-state index contributed by atoms with van der Waals surface area (Å²) < 4.78 is 16.1. The quantitative estimate of drug-likeness (QED) is 0.606. The third-order valence-electron chi connectivity index (χ3n) is 4.37. The molecule has 0 radical (unpaired) electrons. The van der Waals surface area contributed by atoms with Crippen LogP contribution in [-0.4, -0.2) is 37.7 Å². The van der Waals surface area contributed by atoms with Gasteiger partial charge in [0.05, 0.1) is 24.4 Å². The summed E-state index contributed by atoms with van der Waals surface area (Å²) in [5.41, 5.74) is 1.34. The third kappa shape index (κ3) is 5.76. The summed E-state index contributed by atoms with van der Waals surface area (Å²) in [5.74, 6) is -0.941. The second-order valence-corrected chi connectivity index (χ2v) is 6.84. The molecular formula is C22H21ClN2O6. The fraction of sp³-hybridized carbons (Fsp3) is 0.227. The Morgan fingerprint density at radius 3 is 2.52 bits per heavy atom. The SMILES string of the molecule is CCOC(=O)C1=C(COC(=O)c2ccccc2OCc2ccccc2Cl)NC(=O)NC1. The number of hydrogen-bond acceptors (Lipinski definition) is 6. The van der Waals surface area contributed by atoms with Gasteiger partial charge in [-0.3, -0.25) is 0 Å². The number of rotatable bonds is 8. The Balaban J connectivity index is 1.71. The number of urea groups is 1. The molecule has 0 fully saturated rings. The molecule has 2 aromatic carbocycles. The number of halogens is 1. The highest BCUT2D eigenvalue weighted by Gasteiger charge is 2.25. The molecule has 2 aromatic rings. The average Bonchev–Trinajstić information content (AvgIpc) is 2.77. The molecule has 1 aliphatic rings. The second-order valence-electron chi connectivity index (χ2n) is 6.44. The van der Waals surface area contributed by atoms with E-state index in [9.17, 15) is 14.4 Å². The molecule has 162 valence electrons. The molecule has 8 nitrogen and oxygen atoms in total. The van der Waals surface area contributed by atoms with Gasteiger partial charge in [-0.1, -0.05) is 41.9 Å². The Labute approximate surface area is 184 Å². The molecule has 2 N–H and O–H groups in total. The molecule has 0 saturated carbocycles. The van der Waals surface area contributed by atoms with Crippen molar-refractivity contribution in [2.24, 2.45) is 0 Å². The average molecular weight is 445 g/mol. The van der Waals surface area contributed by atoms with E-state index in [-0.39, 0.29) is 43.2 Å². The van der Waals surface area contributed by atoms with Crippen LogP contribution in [0.25, 0.3) is 0 Å². The molecule has 0 atom stereocenters. The van der Waals surface area contributed by atoms with Gasteiger partial charge in [0, 0.05) is 10.6 Å². The molecule has 1 heterocycles. The normalized spacial score (nSPS) is 13.2. The van der Waals surface area contributed by atoms with E-state index in [2.05, 4.69) is 10.6 Å². The number of para-hydroxylation sites is 1. The third-order valence-corrected chi connectivity index (χ3v) is 4.74. The number of carbonyl (C=O) groups excluding carboxylic acids is 3. The Morgan fingerprint density at radius 2 is 1.74 bits per heavy atom. The summed E-state index contributed by atoms with van der Waals surface area (Å²) >= 11 is 6.15. The number of carbonyl (C=O) groups is 3. The maximum atomic E-state index is 12.7. The van der Waals surface area contributed by atoms with Crippen molar-refractivity contribution in [3.63, 3.8) is 0 Å². The molecule has 9 heteroatoms. The minimum atomic E-state index is -0.668. The number of amides is 2. The lowest BCUT2D eigenvalue weighted by molar-refractivity contribution is -0.138. The number of hydrogen-bond donors (Lipinski definition) is 2. The van der Waals surface area contributed by atoms with Crippen molar-refractivity contribution in [2.75, 3.05) is 19.8 Å². The molecule has 3 rings (SSSR count). The fourth-order valence-corrected chi connectivity index (χ4v) is 3.01. The van der Waals surface area contributed by atoms with E-state index in [1.54, 1.807) is 37.3 Å². The highest BCUT2D eigenvalue weighted by atomic mass is 35.5. The van der Waals surface area contributed by atoms with Crippen molar-refractivity contribution < 1.29 is 28.6 Å². The van der Waals surface area contributed by atoms with Gasteiger partial charge in [0.2, 0.25) is 0 Å². The summed E-state index contributed by atoms with van der Waals surface area (Å²) in [6, 6.07) is 13.3. The number of ether oxygens (including phenoxy) is 3. The first-order chi connectivity index (χ1) is 15.0. The number of nitrogens with one attached hydrogen (secondary N) is 2. The Hall–Kier alpha value is -3.52. The van der Waals surface area contributed by atoms with Crippen molar-refractivity contribution in [3.05, 3.63) is 76.0 Å². The topological polar surface area (TPSA) is 103 Å². The Bertz CT molecular complexity index is 1020. The molecule has 0 bridgehead atoms. The first-order valence-electron chi connectivity index (χ1n) is 9.56. The van der Waals surface area contributed by atoms with Gasteiger partial charge >= 0.3 is 18.0 Å². The standard InChI is InChI=1S/C22H21ClN2O6/c1-2-29-21(27)16-11-24-22(28)25-18(16)13-31-20(26)15-8-4-6-10-19(15)30-12-14-7-3-5-9-17(14)23/h3-10H,2,11-13H2,1H3,(H2,24,25,28). The molecule has 0 spiro atoms. The van der Waals surface area contributed by atoms with E-state index in [4.69, 9.17) is 25.8 Å². The molecular weight excluding hydrogens is 424 g/mol. The van der Waals surface area contributed by atoms with Crippen molar-refractivity contribution in [1.29, 1.82) is 0 Å². The van der Waals surface area contributed by atoms with Gasteiger partial charge in [-0.05, 0) is 25.1 Å². The molecule has 0 unspecified atom stereocenters. The monoisotopic (exact) mass is 444 g/mol. The summed E-state index contributed by atoms with van der Waals surface area (Å²) in [7, 11) is 0. The fourth-order valence-electron chi connectivity index (χ4n) is 2.82. The van der Waals surface area contributed by atoms with Crippen LogP contribution in [0.3, 0.4) is 0 Å². The van der Waals surface area contributed by atoms with Crippen molar-refractivity contribution in [2.45, 2.75) is 13.5 Å². The molecule has 1 aliphatic heterocycles. The summed E-state index contributed by atoms with van der Waals surface area (Å²) in [4.78, 5) is 36.4. The van der Waals surface area contributed by atoms with Crippen molar-refractivity contribution in [1.82, 2.24) is 10.6 Å². The maximum Gasteiger partial charge on any atom is 0.342 e. The first kappa shape index (κ1) is 22.2. The van der Waals surface area contributed by atoms with Crippen LogP contribution in [0.4, 0.5) is 4.79 Å². The molecule has 31 heavy (non-hydrogen) atoms. The lowest BCUT2D eigenvalue weighted by Crippen LogP contribution is -2.45. The van der Waals surface area contributed by atoms with Gasteiger partial charge in [0.25, 0.3) is 0 Å². The minimum Gasteiger partial charge on any atom is -0.488 e. The van der Waals surface area contributed by atoms with E-state index in [1.807, 2.05) is 18.2 Å². The molecule has 0 aliphatic carbocycles. The zero-order valence-electron chi connectivity index (χ0n) is 16.8. The maximum absolute atomic E-state index is 12.7. The van der Waals surface area contributed by atoms with Crippen LogP contribution >= 0.6 is 11.6 Å². The Morgan fingerprint density at radius 1 is 1.00 bits per heavy atom. The summed E-state index contributed by atoms with van der Waals surface area (Å²) in [5, 5.41) is 5.53. The van der Waals surface area contributed by atoms with Crippen LogP contribution in [-0.2, 0) is 20.9 Å². The van der Waals surface area contributed by atoms with Gasteiger partial charge < -0.3 is 24.8 Å². The van der Waals surface area contributed by atoms with Crippen LogP contribution in [0, 0.1) is 0 Å². The number of benzene rings is 2. The van der Waals surface area contributed by atoms with Crippen molar-refractivity contribution >= 4 is 29.6 Å². The lowest BCUT2D eigenvalue weighted by Gasteiger charge is -2.21. The van der Waals surface area contributed by atoms with Gasteiger partial charge in [0.1, 0.15) is 24.5 Å². The number of esters is 2. The van der Waals surface area contributed by atoms with Crippen LogP contribution in [0.2, 0.25) is 5.02 Å². The van der Waals surface area contributed by atoms with Gasteiger partial charge in [0.15, 0.2) is 0 Å². The van der Waals surface area contributed by atoms with E-state index in [0.29, 0.717) is 10.8 Å². The highest BCUT2D eigenvalue weighted by molar-refractivity contribution is 6.31. The predicted molar refractivity (Wildman–Crippen MR) is 113 cm³/mol. The Kier molecular flexibility index (Phi) is 7.50. The molecule has 0 saturated heterocycles. The van der Waals surface area contributed by atoms with Crippen LogP contribution in [0.15, 0.2) is 59.8 Å². The summed E-state index contributed by atoms with van der Waals surface area (Å²) in [6.45, 7) is 1.70. The first-order valence-corrected chi connectivity index (χ1v) is 9.93. The van der Waals surface area contributed by atoms with Crippen LogP contribution in [0.5, 0.6) is 5.75 Å². The van der Waals surface area contributed by atoms with Crippen molar-refractivity contribution in [3.8, 4) is 5.75 Å². The highest BCUT2D eigenvalue weighted by Crippen LogP contribution is 2.23. The van der Waals surface area contributed by atoms with Crippen LogP contribution < -0.4 is 15.4 Å². The van der Waals surface area contributed by atoms with E-state index >= 15 is 0 Å². The van der Waals surface area contributed by atoms with Gasteiger partial charge in [-0.25, -0.2) is 14.4 Å². The zero-order valence-corrected chi connectivity index (χ0v) is 17.5. The zero-order chi connectivity index (χ0) is 22.2. The van der Waals surface area contributed by atoms with Gasteiger partial charge in [-0.15, -0.1) is 0 Å². The second kappa shape index (κ2) is 10.5. The van der Waals surface area contributed by atoms with E-state index in [1.165, 1.54) is 0 Å². The van der Waals surface area contributed by atoms with E-state index in [0.717, 1.165) is 5.56 Å². The molecule has 2 amide bonds. The predicted octanol–water partition coefficient (Wildman–Crippen LogP) is 3.21. The summed E-state index contributed by atoms with van der Waals surface area (Å²) in [6.07, 6.45) is 0. The lowest BCUT2D eigenvalue weighted by atomic mass is 10.1. The largest absolute Gasteiger partial charge is 0.488 e. The van der Waals surface area contributed by atoms with Crippen LogP contribution in [0.1, 0.15) is 22.8 Å². The smallest absolute Gasteiger partial charge is 0.342 e. The van der Waals surface area contributed by atoms with E-state index < -0.39 is 18.0 Å². The minimum absolute atomic E-state index is 0.0188.